The normalized spacial score (nSPS) is 20.3. The van der Waals surface area contributed by atoms with Gasteiger partial charge in [0.2, 0.25) is 0 Å². The van der Waals surface area contributed by atoms with Crippen LogP contribution in [0.25, 0.3) is 0 Å². The van der Waals surface area contributed by atoms with Crippen LogP contribution in [-0.4, -0.2) is 16.7 Å². The van der Waals surface area contributed by atoms with Gasteiger partial charge in [-0.2, -0.15) is 0 Å². The van der Waals surface area contributed by atoms with Gasteiger partial charge in [0.1, 0.15) is 6.04 Å². The highest BCUT2D eigenvalue weighted by molar-refractivity contribution is 5.86. The molecule has 11 heavy (non-hydrogen) atoms. The second kappa shape index (κ2) is 2.05. The van der Waals surface area contributed by atoms with Gasteiger partial charge < -0.3 is 4.57 Å². The summed E-state index contributed by atoms with van der Waals surface area (Å²) in [5.41, 5.74) is 0.970. The molecule has 0 spiro atoms. The molecule has 0 fully saturated rings. The molecule has 0 N–H and O–H groups in total. The molecule has 0 aliphatic carbocycles. The van der Waals surface area contributed by atoms with Crippen molar-refractivity contribution in [2.45, 2.75) is 13.0 Å². The van der Waals surface area contributed by atoms with E-state index >= 15 is 0 Å². The van der Waals surface area contributed by atoms with Gasteiger partial charge in [-0.05, 0) is 19.1 Å². The van der Waals surface area contributed by atoms with Gasteiger partial charge in [-0.25, -0.2) is 0 Å². The quantitative estimate of drug-likeness (QED) is 0.585. The number of carbonyl (C=O) groups excluding carboxylic acids is 1. The molecule has 1 unspecified atom stereocenters. The topological polar surface area (TPSA) is 34.4 Å². The van der Waals surface area contributed by atoms with E-state index in [1.165, 1.54) is 0 Å². The lowest BCUT2D eigenvalue weighted by Crippen LogP contribution is -2.03. The van der Waals surface area contributed by atoms with Crippen LogP contribution in [0.5, 0.6) is 0 Å². The smallest absolute Gasteiger partial charge is 0.160 e. The Balaban J connectivity index is 2.46. The van der Waals surface area contributed by atoms with E-state index in [4.69, 9.17) is 0 Å². The Bertz CT molecular complexity index is 325. The zero-order chi connectivity index (χ0) is 7.84. The van der Waals surface area contributed by atoms with Crippen molar-refractivity contribution < 1.29 is 4.79 Å². The molecule has 3 heteroatoms. The van der Waals surface area contributed by atoms with E-state index in [9.17, 15) is 4.79 Å². The van der Waals surface area contributed by atoms with E-state index in [0.29, 0.717) is 0 Å². The van der Waals surface area contributed by atoms with Gasteiger partial charge in [0.25, 0.3) is 0 Å². The second-order valence-corrected chi connectivity index (χ2v) is 2.62. The third-order valence-electron chi connectivity index (χ3n) is 1.82. The molecule has 0 radical (unpaired) electrons. The van der Waals surface area contributed by atoms with Crippen LogP contribution >= 0.6 is 0 Å². The molecule has 0 aromatic carbocycles. The summed E-state index contributed by atoms with van der Waals surface area (Å²) in [5, 5.41) is 0. The maximum absolute atomic E-state index is 11.0. The minimum Gasteiger partial charge on any atom is -0.309 e. The van der Waals surface area contributed by atoms with Crippen molar-refractivity contribution in [2.24, 2.45) is 4.99 Å². The van der Waals surface area contributed by atoms with Crippen LogP contribution in [0.4, 0.5) is 0 Å². The number of nitrogens with zero attached hydrogens (tertiary/aromatic N) is 2. The van der Waals surface area contributed by atoms with E-state index in [2.05, 4.69) is 4.99 Å². The fourth-order valence-electron chi connectivity index (χ4n) is 1.27. The summed E-state index contributed by atoms with van der Waals surface area (Å²) in [5.74, 6) is 0.0960. The maximum Gasteiger partial charge on any atom is 0.160 e. The zero-order valence-electron chi connectivity index (χ0n) is 6.19. The lowest BCUT2D eigenvalue weighted by atomic mass is 10.1. The Morgan fingerprint density at radius 1 is 1.73 bits per heavy atom. The average Bonchev–Trinajstić information content (AvgIpc) is 2.41. The molecule has 0 saturated heterocycles. The summed E-state index contributed by atoms with van der Waals surface area (Å²) in [4.78, 5) is 15.0. The minimum absolute atomic E-state index is 0.0960. The monoisotopic (exact) mass is 148 g/mol. The SMILES string of the molecule is CC(=O)C1N=Cn2cccc21. The number of fused-ring (bicyclic) bond motifs is 1. The molecule has 56 valence electrons. The first-order chi connectivity index (χ1) is 5.29. The van der Waals surface area contributed by atoms with Gasteiger partial charge in [-0.1, -0.05) is 0 Å². The average molecular weight is 148 g/mol. The minimum atomic E-state index is -0.259. The van der Waals surface area contributed by atoms with Crippen LogP contribution in [0.3, 0.4) is 0 Å². The van der Waals surface area contributed by atoms with Crippen LogP contribution in [0.2, 0.25) is 0 Å². The largest absolute Gasteiger partial charge is 0.309 e. The van der Waals surface area contributed by atoms with Crippen LogP contribution < -0.4 is 0 Å². The predicted octanol–water partition coefficient (Wildman–Crippen LogP) is 1.01. The fraction of sp³-hybridized carbons (Fsp3) is 0.250. The molecule has 1 aromatic heterocycles. The van der Waals surface area contributed by atoms with Crippen molar-refractivity contribution in [3.8, 4) is 0 Å². The highest BCUT2D eigenvalue weighted by Gasteiger charge is 2.21. The Hall–Kier alpha value is -1.38. The van der Waals surface area contributed by atoms with Gasteiger partial charge >= 0.3 is 0 Å². The number of aromatic nitrogens is 1. The van der Waals surface area contributed by atoms with Crippen LogP contribution in [-0.2, 0) is 4.79 Å². The molecule has 1 aliphatic rings. The number of aliphatic imine (C=N–C) groups is 1. The van der Waals surface area contributed by atoms with Crippen LogP contribution in [0.1, 0.15) is 18.7 Å². The van der Waals surface area contributed by atoms with Crippen molar-refractivity contribution in [3.63, 3.8) is 0 Å². The number of hydrogen-bond acceptors (Lipinski definition) is 2. The summed E-state index contributed by atoms with van der Waals surface area (Å²) in [6.45, 7) is 1.56. The molecule has 2 rings (SSSR count). The number of Topliss-reactive ketones (excluding diaryl/α,β-unsaturated/α-hetero) is 1. The van der Waals surface area contributed by atoms with Gasteiger partial charge in [-0.3, -0.25) is 9.79 Å². The number of ketones is 1. The molecular weight excluding hydrogens is 140 g/mol. The number of carbonyl (C=O) groups is 1. The molecule has 0 amide bonds. The summed E-state index contributed by atoms with van der Waals surface area (Å²) < 4.78 is 1.87. The first-order valence-corrected chi connectivity index (χ1v) is 3.49. The van der Waals surface area contributed by atoms with Gasteiger partial charge in [0.05, 0.1) is 12.0 Å². The molecule has 1 aliphatic heterocycles. The standard InChI is InChI=1S/C8H8N2O/c1-6(11)8-7-3-2-4-10(7)5-9-8/h2-5,8H,1H3. The molecular formula is C8H8N2O. The van der Waals surface area contributed by atoms with Crippen LogP contribution in [0, 0.1) is 0 Å². The summed E-state index contributed by atoms with van der Waals surface area (Å²) in [6, 6.07) is 3.57. The highest BCUT2D eigenvalue weighted by Crippen LogP contribution is 2.22. The number of rotatable bonds is 1. The van der Waals surface area contributed by atoms with Crippen molar-refractivity contribution in [1.29, 1.82) is 0 Å². The lowest BCUT2D eigenvalue weighted by Gasteiger charge is -2.00. The van der Waals surface area contributed by atoms with Crippen LogP contribution in [0.15, 0.2) is 23.3 Å². The Morgan fingerprint density at radius 3 is 3.27 bits per heavy atom. The van der Waals surface area contributed by atoms with Crippen molar-refractivity contribution in [1.82, 2.24) is 4.57 Å². The molecule has 3 nitrogen and oxygen atoms in total. The molecule has 0 bridgehead atoms. The molecule has 1 aromatic rings. The zero-order valence-corrected chi connectivity index (χ0v) is 6.19. The molecule has 2 heterocycles. The predicted molar refractivity (Wildman–Crippen MR) is 41.7 cm³/mol. The van der Waals surface area contributed by atoms with E-state index in [1.807, 2.05) is 22.9 Å². The van der Waals surface area contributed by atoms with E-state index in [1.54, 1.807) is 13.3 Å². The summed E-state index contributed by atoms with van der Waals surface area (Å²) in [6.07, 6.45) is 3.57. The number of hydrogen-bond donors (Lipinski definition) is 0. The van der Waals surface area contributed by atoms with Gasteiger partial charge in [-0.15, -0.1) is 0 Å². The molecule has 1 atom stereocenters. The van der Waals surface area contributed by atoms with Crippen molar-refractivity contribution >= 4 is 12.1 Å². The first-order valence-electron chi connectivity index (χ1n) is 3.49. The first kappa shape index (κ1) is 6.34. The van der Waals surface area contributed by atoms with Crippen molar-refractivity contribution in [2.75, 3.05) is 0 Å². The third kappa shape index (κ3) is 0.808. The second-order valence-electron chi connectivity index (χ2n) is 2.62. The highest BCUT2D eigenvalue weighted by atomic mass is 16.1. The Morgan fingerprint density at radius 2 is 2.55 bits per heavy atom. The Kier molecular flexibility index (Phi) is 1.18. The van der Waals surface area contributed by atoms with E-state index < -0.39 is 0 Å². The van der Waals surface area contributed by atoms with Crippen molar-refractivity contribution in [3.05, 3.63) is 24.0 Å². The maximum atomic E-state index is 11.0. The summed E-state index contributed by atoms with van der Waals surface area (Å²) in [7, 11) is 0. The fourth-order valence-corrected chi connectivity index (χ4v) is 1.27. The van der Waals surface area contributed by atoms with Gasteiger partial charge in [0.15, 0.2) is 5.78 Å². The molecule has 0 saturated carbocycles. The van der Waals surface area contributed by atoms with E-state index in [-0.39, 0.29) is 11.8 Å². The summed E-state index contributed by atoms with van der Waals surface area (Å²) >= 11 is 0. The third-order valence-corrected chi connectivity index (χ3v) is 1.82. The lowest BCUT2D eigenvalue weighted by molar-refractivity contribution is -0.118. The van der Waals surface area contributed by atoms with Gasteiger partial charge in [0, 0.05) is 6.20 Å². The Labute approximate surface area is 64.4 Å². The van der Waals surface area contributed by atoms with E-state index in [0.717, 1.165) is 5.69 Å².